The third-order valence-corrected chi connectivity index (χ3v) is 6.41. The van der Waals surface area contributed by atoms with Gasteiger partial charge in [0.15, 0.2) is 0 Å². The minimum Gasteiger partial charge on any atom is -0.496 e. The van der Waals surface area contributed by atoms with Crippen molar-refractivity contribution < 1.29 is 9.47 Å². The van der Waals surface area contributed by atoms with Crippen molar-refractivity contribution in [3.8, 4) is 22.8 Å². The molecule has 4 aromatic rings. The van der Waals surface area contributed by atoms with Gasteiger partial charge in [0.1, 0.15) is 18.1 Å². The number of thioether (sulfide) groups is 1. The zero-order chi connectivity index (χ0) is 22.3. The lowest BCUT2D eigenvalue weighted by Crippen LogP contribution is -2.00. The van der Waals surface area contributed by atoms with E-state index in [4.69, 9.17) is 15.2 Å². The molecular weight excluding hydrogens is 416 g/mol. The number of aromatic nitrogens is 1. The predicted molar refractivity (Wildman–Crippen MR) is 135 cm³/mol. The Labute approximate surface area is 194 Å². The molecule has 0 saturated carbocycles. The van der Waals surface area contributed by atoms with Crippen molar-refractivity contribution in [2.24, 2.45) is 5.73 Å². The molecule has 0 unspecified atom stereocenters. The molecule has 0 bridgehead atoms. The van der Waals surface area contributed by atoms with Gasteiger partial charge in [-0.1, -0.05) is 30.3 Å². The summed E-state index contributed by atoms with van der Waals surface area (Å²) in [5, 5.41) is 1.19. The highest BCUT2D eigenvalue weighted by Crippen LogP contribution is 2.39. The van der Waals surface area contributed by atoms with Gasteiger partial charge in [-0.25, -0.2) is 0 Å². The van der Waals surface area contributed by atoms with Gasteiger partial charge in [-0.15, -0.1) is 11.8 Å². The Balaban J connectivity index is 1.75. The first-order valence-electron chi connectivity index (χ1n) is 11.0. The fourth-order valence-electron chi connectivity index (χ4n) is 4.00. The van der Waals surface area contributed by atoms with Crippen molar-refractivity contribution in [1.82, 2.24) is 4.98 Å². The largest absolute Gasteiger partial charge is 0.496 e. The van der Waals surface area contributed by atoms with Crippen LogP contribution < -0.4 is 15.2 Å². The molecule has 32 heavy (non-hydrogen) atoms. The van der Waals surface area contributed by atoms with E-state index >= 15 is 0 Å². The van der Waals surface area contributed by atoms with Gasteiger partial charge in [0.25, 0.3) is 0 Å². The lowest BCUT2D eigenvalue weighted by Gasteiger charge is -2.12. The van der Waals surface area contributed by atoms with E-state index in [1.54, 1.807) is 18.9 Å². The molecule has 1 heterocycles. The molecule has 3 N–H and O–H groups in total. The number of benzene rings is 3. The van der Waals surface area contributed by atoms with Crippen molar-refractivity contribution >= 4 is 22.7 Å². The summed E-state index contributed by atoms with van der Waals surface area (Å²) >= 11 is 1.73. The zero-order valence-corrected chi connectivity index (χ0v) is 19.5. The number of nitrogens with two attached hydrogens (primary N) is 1. The Hall–Kier alpha value is -2.89. The van der Waals surface area contributed by atoms with Crippen LogP contribution in [0.1, 0.15) is 24.0 Å². The number of hydrogen-bond acceptors (Lipinski definition) is 4. The number of unbranched alkanes of at least 4 members (excludes halogenated alkanes) is 1. The normalized spacial score (nSPS) is 11.1. The van der Waals surface area contributed by atoms with E-state index in [1.165, 1.54) is 15.8 Å². The van der Waals surface area contributed by atoms with E-state index in [9.17, 15) is 0 Å². The van der Waals surface area contributed by atoms with Crippen molar-refractivity contribution in [3.05, 3.63) is 77.9 Å². The molecule has 0 aliphatic carbocycles. The molecule has 0 aliphatic rings. The highest BCUT2D eigenvalue weighted by molar-refractivity contribution is 7.98. The van der Waals surface area contributed by atoms with Crippen LogP contribution in [0.4, 0.5) is 0 Å². The van der Waals surface area contributed by atoms with Crippen LogP contribution in [0, 0.1) is 0 Å². The van der Waals surface area contributed by atoms with Crippen molar-refractivity contribution in [2.75, 3.05) is 19.9 Å². The molecule has 0 atom stereocenters. The second-order valence-electron chi connectivity index (χ2n) is 7.77. The molecule has 0 aliphatic heterocycles. The van der Waals surface area contributed by atoms with Crippen molar-refractivity contribution in [1.29, 1.82) is 0 Å². The number of hydrogen-bond donors (Lipinski definition) is 2. The van der Waals surface area contributed by atoms with Gasteiger partial charge in [-0.3, -0.25) is 0 Å². The summed E-state index contributed by atoms with van der Waals surface area (Å²) in [5.41, 5.74) is 11.5. The van der Waals surface area contributed by atoms with Gasteiger partial charge in [-0.05, 0) is 79.6 Å². The van der Waals surface area contributed by atoms with Crippen LogP contribution >= 0.6 is 11.8 Å². The molecule has 0 saturated heterocycles. The lowest BCUT2D eigenvalue weighted by atomic mass is 9.99. The smallest absolute Gasteiger partial charge is 0.128 e. The Bertz CT molecular complexity index is 1170. The minimum atomic E-state index is 0.551. The SMILES string of the molecule is COc1ccc(SC)cc1-c1[nH]c2ccc(OCc3ccccc3)cc2c1CCCCN. The summed E-state index contributed by atoms with van der Waals surface area (Å²) in [5.74, 6) is 1.74. The number of rotatable bonds is 10. The molecule has 4 nitrogen and oxygen atoms in total. The highest BCUT2D eigenvalue weighted by Gasteiger charge is 2.17. The van der Waals surface area contributed by atoms with E-state index in [0.29, 0.717) is 13.2 Å². The molecular formula is C27H30N2O2S. The number of methoxy groups -OCH3 is 1. The lowest BCUT2D eigenvalue weighted by molar-refractivity contribution is 0.306. The Morgan fingerprint density at radius 2 is 1.81 bits per heavy atom. The Morgan fingerprint density at radius 1 is 0.969 bits per heavy atom. The van der Waals surface area contributed by atoms with Crippen LogP contribution in [0.3, 0.4) is 0 Å². The van der Waals surface area contributed by atoms with Crippen molar-refractivity contribution in [2.45, 2.75) is 30.8 Å². The molecule has 3 aromatic carbocycles. The van der Waals surface area contributed by atoms with Crippen LogP contribution in [-0.4, -0.2) is 24.9 Å². The highest BCUT2D eigenvalue weighted by atomic mass is 32.2. The topological polar surface area (TPSA) is 60.3 Å². The first-order valence-corrected chi connectivity index (χ1v) is 12.2. The summed E-state index contributed by atoms with van der Waals surface area (Å²) in [6.07, 6.45) is 5.07. The summed E-state index contributed by atoms with van der Waals surface area (Å²) in [6.45, 7) is 1.25. The van der Waals surface area contributed by atoms with Crippen LogP contribution in [0.15, 0.2) is 71.6 Å². The van der Waals surface area contributed by atoms with Gasteiger partial charge < -0.3 is 20.2 Å². The van der Waals surface area contributed by atoms with Crippen LogP contribution in [0.25, 0.3) is 22.2 Å². The van der Waals surface area contributed by atoms with Crippen LogP contribution in [0.5, 0.6) is 11.5 Å². The molecule has 0 amide bonds. The number of fused-ring (bicyclic) bond motifs is 1. The van der Waals surface area contributed by atoms with E-state index in [2.05, 4.69) is 47.6 Å². The first kappa shape index (κ1) is 22.3. The number of nitrogens with one attached hydrogen (secondary N) is 1. The summed E-state index contributed by atoms with van der Waals surface area (Å²) in [6, 6.07) is 22.9. The van der Waals surface area contributed by atoms with Crippen LogP contribution in [0.2, 0.25) is 0 Å². The number of aryl methyl sites for hydroxylation is 1. The molecule has 0 fully saturated rings. The monoisotopic (exact) mass is 446 g/mol. The average Bonchev–Trinajstić information content (AvgIpc) is 3.20. The number of aromatic amines is 1. The fourth-order valence-corrected chi connectivity index (χ4v) is 4.44. The molecule has 4 rings (SSSR count). The number of H-pyrrole nitrogens is 1. The Morgan fingerprint density at radius 3 is 2.56 bits per heavy atom. The van der Waals surface area contributed by atoms with E-state index in [0.717, 1.165) is 53.1 Å². The molecule has 1 aromatic heterocycles. The molecule has 166 valence electrons. The predicted octanol–water partition coefficient (Wildman–Crippen LogP) is 6.43. The second-order valence-corrected chi connectivity index (χ2v) is 8.65. The van der Waals surface area contributed by atoms with Gasteiger partial charge in [0.05, 0.1) is 12.8 Å². The quantitative estimate of drug-likeness (QED) is 0.218. The van der Waals surface area contributed by atoms with Gasteiger partial charge in [0, 0.05) is 21.4 Å². The van der Waals surface area contributed by atoms with E-state index < -0.39 is 0 Å². The molecule has 0 spiro atoms. The van der Waals surface area contributed by atoms with Crippen LogP contribution in [-0.2, 0) is 13.0 Å². The Kier molecular flexibility index (Phi) is 7.40. The van der Waals surface area contributed by atoms with Gasteiger partial charge >= 0.3 is 0 Å². The third-order valence-electron chi connectivity index (χ3n) is 5.68. The maximum absolute atomic E-state index is 6.12. The minimum absolute atomic E-state index is 0.551. The third kappa shape index (κ3) is 4.95. The fraction of sp³-hybridized carbons (Fsp3) is 0.259. The maximum Gasteiger partial charge on any atom is 0.128 e. The van der Waals surface area contributed by atoms with E-state index in [1.807, 2.05) is 30.3 Å². The first-order chi connectivity index (χ1) is 15.7. The second kappa shape index (κ2) is 10.6. The summed E-state index contributed by atoms with van der Waals surface area (Å²) < 4.78 is 11.8. The van der Waals surface area contributed by atoms with E-state index in [-0.39, 0.29) is 0 Å². The zero-order valence-electron chi connectivity index (χ0n) is 18.7. The van der Waals surface area contributed by atoms with Gasteiger partial charge in [0.2, 0.25) is 0 Å². The van der Waals surface area contributed by atoms with Crippen molar-refractivity contribution in [3.63, 3.8) is 0 Å². The number of ether oxygens (including phenoxy) is 2. The molecule has 0 radical (unpaired) electrons. The maximum atomic E-state index is 6.12. The van der Waals surface area contributed by atoms with Gasteiger partial charge in [-0.2, -0.15) is 0 Å². The standard InChI is InChI=1S/C27H30N2O2S/c1-30-26-14-12-21(32-2)17-24(26)27-22(10-6-7-15-28)23-16-20(11-13-25(23)29-27)31-18-19-8-4-3-5-9-19/h3-5,8-9,11-14,16-17,29H,6-7,10,15,18,28H2,1-2H3. The summed E-state index contributed by atoms with van der Waals surface area (Å²) in [4.78, 5) is 4.87. The molecule has 5 heteroatoms. The summed E-state index contributed by atoms with van der Waals surface area (Å²) in [7, 11) is 1.73. The average molecular weight is 447 g/mol.